The van der Waals surface area contributed by atoms with Crippen molar-refractivity contribution in [2.75, 3.05) is 13.2 Å². The topological polar surface area (TPSA) is 38.7 Å². The zero-order valence-corrected chi connectivity index (χ0v) is 10.8. The molecule has 5 heteroatoms. The number of hydrogen-bond acceptors (Lipinski definition) is 3. The lowest BCUT2D eigenvalue weighted by molar-refractivity contribution is -0.0698. The van der Waals surface area contributed by atoms with E-state index >= 15 is 0 Å². The lowest BCUT2D eigenvalue weighted by atomic mass is 10.1. The largest absolute Gasteiger partial charge is 0.393 e. The van der Waals surface area contributed by atoms with Crippen LogP contribution < -0.4 is 0 Å². The molecule has 1 fully saturated rings. The normalized spacial score (nSPS) is 18.5. The van der Waals surface area contributed by atoms with Gasteiger partial charge in [0.1, 0.15) is 5.82 Å². The number of benzene rings is 1. The fourth-order valence-corrected chi connectivity index (χ4v) is 2.36. The Morgan fingerprint density at radius 1 is 1.35 bits per heavy atom. The Kier molecular flexibility index (Phi) is 4.50. The summed E-state index contributed by atoms with van der Waals surface area (Å²) in [4.78, 5) is 0. The van der Waals surface area contributed by atoms with Crippen molar-refractivity contribution in [2.45, 2.75) is 25.2 Å². The molecule has 0 aromatic heterocycles. The Morgan fingerprint density at radius 2 is 2.06 bits per heavy atom. The van der Waals surface area contributed by atoms with Crippen LogP contribution in [0, 0.1) is 5.82 Å². The van der Waals surface area contributed by atoms with Gasteiger partial charge in [0, 0.05) is 10.9 Å². The van der Waals surface area contributed by atoms with E-state index in [2.05, 4.69) is 15.9 Å². The van der Waals surface area contributed by atoms with Gasteiger partial charge in [-0.05, 0) is 30.2 Å². The van der Waals surface area contributed by atoms with Crippen molar-refractivity contribution in [3.05, 3.63) is 34.1 Å². The van der Waals surface area contributed by atoms with E-state index in [1.807, 2.05) is 0 Å². The monoisotopic (exact) mass is 304 g/mol. The highest BCUT2D eigenvalue weighted by molar-refractivity contribution is 9.10. The van der Waals surface area contributed by atoms with Gasteiger partial charge >= 0.3 is 0 Å². The quantitative estimate of drug-likeness (QED) is 0.927. The summed E-state index contributed by atoms with van der Waals surface area (Å²) < 4.78 is 24.3. The van der Waals surface area contributed by atoms with Crippen molar-refractivity contribution in [1.29, 1.82) is 0 Å². The molecule has 0 bridgehead atoms. The molecule has 0 saturated carbocycles. The summed E-state index contributed by atoms with van der Waals surface area (Å²) in [5.74, 6) is -0.310. The summed E-state index contributed by atoms with van der Waals surface area (Å²) >= 11 is 3.22. The highest BCUT2D eigenvalue weighted by Gasteiger charge is 2.20. The van der Waals surface area contributed by atoms with Gasteiger partial charge in [0.15, 0.2) is 6.29 Å². The fourth-order valence-electron chi connectivity index (χ4n) is 1.85. The average Bonchev–Trinajstić information content (AvgIpc) is 2.67. The van der Waals surface area contributed by atoms with Crippen molar-refractivity contribution < 1.29 is 19.0 Å². The lowest BCUT2D eigenvalue weighted by Crippen LogP contribution is -2.20. The second-order valence-electron chi connectivity index (χ2n) is 4.04. The van der Waals surface area contributed by atoms with Crippen LogP contribution in [-0.2, 0) is 15.9 Å². The molecule has 17 heavy (non-hydrogen) atoms. The van der Waals surface area contributed by atoms with Crippen LogP contribution in [0.4, 0.5) is 4.39 Å². The van der Waals surface area contributed by atoms with E-state index in [0.29, 0.717) is 30.5 Å². The maximum Gasteiger partial charge on any atom is 0.160 e. The summed E-state index contributed by atoms with van der Waals surface area (Å²) in [6, 6.07) is 4.60. The van der Waals surface area contributed by atoms with Crippen LogP contribution >= 0.6 is 15.9 Å². The van der Waals surface area contributed by atoms with Gasteiger partial charge in [0.05, 0.1) is 19.3 Å². The Balaban J connectivity index is 1.90. The van der Waals surface area contributed by atoms with Gasteiger partial charge in [0.2, 0.25) is 0 Å². The molecule has 1 aromatic rings. The minimum absolute atomic E-state index is 0.310. The van der Waals surface area contributed by atoms with Crippen molar-refractivity contribution in [1.82, 2.24) is 0 Å². The first-order valence-electron chi connectivity index (χ1n) is 5.50. The smallest absolute Gasteiger partial charge is 0.160 e. The van der Waals surface area contributed by atoms with Crippen LogP contribution in [0.25, 0.3) is 0 Å². The molecular weight excluding hydrogens is 291 g/mol. The van der Waals surface area contributed by atoms with Crippen LogP contribution in [0.2, 0.25) is 0 Å². The number of aliphatic hydroxyl groups excluding tert-OH is 1. The number of aliphatic hydroxyl groups is 1. The van der Waals surface area contributed by atoms with Crippen LogP contribution in [0.3, 0.4) is 0 Å². The molecule has 2 rings (SSSR count). The van der Waals surface area contributed by atoms with E-state index in [-0.39, 0.29) is 12.1 Å². The van der Waals surface area contributed by atoms with Crippen LogP contribution in [0.1, 0.15) is 12.0 Å². The van der Waals surface area contributed by atoms with Crippen molar-refractivity contribution in [2.24, 2.45) is 0 Å². The van der Waals surface area contributed by atoms with E-state index in [0.717, 1.165) is 5.56 Å². The van der Waals surface area contributed by atoms with Crippen molar-refractivity contribution in [3.8, 4) is 0 Å². The average molecular weight is 305 g/mol. The van der Waals surface area contributed by atoms with E-state index in [1.54, 1.807) is 6.07 Å². The standard InChI is InChI=1S/C12H14BrFO3/c13-9-3-8(4-10(14)6-9)5-11(15)7-12-16-1-2-17-12/h3-4,6,11-12,15H,1-2,5,7H2. The highest BCUT2D eigenvalue weighted by atomic mass is 79.9. The predicted octanol–water partition coefficient (Wildman–Crippen LogP) is 2.25. The molecule has 1 saturated heterocycles. The highest BCUT2D eigenvalue weighted by Crippen LogP contribution is 2.18. The van der Waals surface area contributed by atoms with Crippen LogP contribution in [0.15, 0.2) is 22.7 Å². The van der Waals surface area contributed by atoms with Crippen LogP contribution in [0.5, 0.6) is 0 Å². The fraction of sp³-hybridized carbons (Fsp3) is 0.500. The number of rotatable bonds is 4. The minimum Gasteiger partial charge on any atom is -0.393 e. The first-order chi connectivity index (χ1) is 8.13. The van der Waals surface area contributed by atoms with Crippen LogP contribution in [-0.4, -0.2) is 30.7 Å². The molecule has 1 N–H and O–H groups in total. The van der Waals surface area contributed by atoms with E-state index in [4.69, 9.17) is 9.47 Å². The maximum atomic E-state index is 13.1. The van der Waals surface area contributed by atoms with Gasteiger partial charge in [-0.25, -0.2) is 4.39 Å². The summed E-state index contributed by atoms with van der Waals surface area (Å²) in [6.07, 6.45) is -0.123. The van der Waals surface area contributed by atoms with E-state index in [9.17, 15) is 9.50 Å². The molecule has 1 aliphatic heterocycles. The van der Waals surface area contributed by atoms with Gasteiger partial charge in [-0.3, -0.25) is 0 Å². The molecule has 0 amide bonds. The Morgan fingerprint density at radius 3 is 2.71 bits per heavy atom. The first kappa shape index (κ1) is 13.0. The zero-order chi connectivity index (χ0) is 12.3. The predicted molar refractivity (Wildman–Crippen MR) is 64.1 cm³/mol. The number of hydrogen-bond donors (Lipinski definition) is 1. The third-order valence-electron chi connectivity index (χ3n) is 2.55. The molecule has 94 valence electrons. The summed E-state index contributed by atoms with van der Waals surface area (Å²) in [5.41, 5.74) is 0.752. The number of halogens is 2. The lowest BCUT2D eigenvalue weighted by Gasteiger charge is -2.15. The molecule has 1 heterocycles. The maximum absolute atomic E-state index is 13.1. The SMILES string of the molecule is OC(Cc1cc(F)cc(Br)c1)CC1OCCO1. The summed E-state index contributed by atoms with van der Waals surface area (Å²) in [7, 11) is 0. The minimum atomic E-state index is -0.591. The molecule has 1 aromatic carbocycles. The Bertz CT molecular complexity index is 360. The third-order valence-corrected chi connectivity index (χ3v) is 3.01. The molecule has 0 spiro atoms. The molecular formula is C12H14BrFO3. The third kappa shape index (κ3) is 4.03. The van der Waals surface area contributed by atoms with Crippen molar-refractivity contribution in [3.63, 3.8) is 0 Å². The molecule has 0 aliphatic carbocycles. The van der Waals surface area contributed by atoms with Gasteiger partial charge < -0.3 is 14.6 Å². The molecule has 1 unspecified atom stereocenters. The molecule has 0 radical (unpaired) electrons. The van der Waals surface area contributed by atoms with Crippen molar-refractivity contribution >= 4 is 15.9 Å². The first-order valence-corrected chi connectivity index (χ1v) is 6.29. The second-order valence-corrected chi connectivity index (χ2v) is 4.96. The van der Waals surface area contributed by atoms with Gasteiger partial charge in [-0.15, -0.1) is 0 Å². The zero-order valence-electron chi connectivity index (χ0n) is 9.23. The van der Waals surface area contributed by atoms with E-state index < -0.39 is 6.10 Å². The Hall–Kier alpha value is -0.490. The summed E-state index contributed by atoms with van der Waals surface area (Å²) in [5, 5.41) is 9.85. The van der Waals surface area contributed by atoms with Gasteiger partial charge in [-0.2, -0.15) is 0 Å². The second kappa shape index (κ2) is 5.91. The molecule has 1 aliphatic rings. The molecule has 1 atom stereocenters. The van der Waals surface area contributed by atoms with Gasteiger partial charge in [-0.1, -0.05) is 15.9 Å². The summed E-state index contributed by atoms with van der Waals surface area (Å²) in [6.45, 7) is 1.14. The molecule has 3 nitrogen and oxygen atoms in total. The Labute approximate surface area is 108 Å². The van der Waals surface area contributed by atoms with Gasteiger partial charge in [0.25, 0.3) is 0 Å². The number of ether oxygens (including phenoxy) is 2. The van der Waals surface area contributed by atoms with E-state index in [1.165, 1.54) is 12.1 Å².